The number of hydrogen-bond donors (Lipinski definition) is 1. The van der Waals surface area contributed by atoms with Gasteiger partial charge < -0.3 is 5.32 Å². The molecule has 0 amide bonds. The minimum atomic E-state index is 0.817. The van der Waals surface area contributed by atoms with Gasteiger partial charge in [0.2, 0.25) is 0 Å². The first-order valence-electron chi connectivity index (χ1n) is 5.88. The van der Waals surface area contributed by atoms with E-state index in [4.69, 9.17) is 0 Å². The molecule has 0 atom stereocenters. The number of aromatic nitrogens is 1. The minimum absolute atomic E-state index is 0.817. The van der Waals surface area contributed by atoms with E-state index in [-0.39, 0.29) is 0 Å². The number of anilines is 1. The van der Waals surface area contributed by atoms with Gasteiger partial charge >= 0.3 is 0 Å². The van der Waals surface area contributed by atoms with Crippen molar-refractivity contribution in [2.75, 3.05) is 5.32 Å². The second-order valence-electron chi connectivity index (χ2n) is 4.48. The molecule has 0 fully saturated rings. The first-order chi connectivity index (χ1) is 8.15. The molecule has 0 aliphatic heterocycles. The zero-order valence-corrected chi connectivity index (χ0v) is 10.6. The molecule has 2 nitrogen and oxygen atoms in total. The largest absolute Gasteiger partial charge is 0.381 e. The smallest absolute Gasteiger partial charge is 0.0416 e. The lowest BCUT2D eigenvalue weighted by atomic mass is 10.1. The zero-order valence-electron chi connectivity index (χ0n) is 10.6. The quantitative estimate of drug-likeness (QED) is 0.864. The average molecular weight is 226 g/mol. The van der Waals surface area contributed by atoms with Gasteiger partial charge in [-0.2, -0.15) is 0 Å². The fourth-order valence-electron chi connectivity index (χ4n) is 1.81. The maximum Gasteiger partial charge on any atom is 0.0416 e. The summed E-state index contributed by atoms with van der Waals surface area (Å²) in [4.78, 5) is 4.29. The Labute approximate surface area is 103 Å². The SMILES string of the molecule is Cc1ccc(NCc2ccc(C)nc2)c(C)c1. The summed E-state index contributed by atoms with van der Waals surface area (Å²) in [5.41, 5.74) is 6.03. The van der Waals surface area contributed by atoms with E-state index in [2.05, 4.69) is 48.4 Å². The van der Waals surface area contributed by atoms with Gasteiger partial charge in [0.15, 0.2) is 0 Å². The Hall–Kier alpha value is -1.83. The lowest BCUT2D eigenvalue weighted by molar-refractivity contribution is 1.08. The summed E-state index contributed by atoms with van der Waals surface area (Å²) in [6.07, 6.45) is 1.92. The van der Waals surface area contributed by atoms with Crippen molar-refractivity contribution in [3.63, 3.8) is 0 Å². The number of rotatable bonds is 3. The predicted molar refractivity (Wildman–Crippen MR) is 72.2 cm³/mol. The molecule has 0 bridgehead atoms. The van der Waals surface area contributed by atoms with Crippen LogP contribution in [0, 0.1) is 20.8 Å². The Morgan fingerprint density at radius 3 is 2.53 bits per heavy atom. The van der Waals surface area contributed by atoms with Crippen LogP contribution in [0.15, 0.2) is 36.5 Å². The molecule has 17 heavy (non-hydrogen) atoms. The summed E-state index contributed by atoms with van der Waals surface area (Å²) >= 11 is 0. The molecule has 0 aliphatic carbocycles. The van der Waals surface area contributed by atoms with Crippen LogP contribution in [0.1, 0.15) is 22.4 Å². The predicted octanol–water partition coefficient (Wildman–Crippen LogP) is 3.62. The van der Waals surface area contributed by atoms with Crippen LogP contribution in [0.2, 0.25) is 0 Å². The van der Waals surface area contributed by atoms with E-state index in [1.807, 2.05) is 19.2 Å². The molecule has 2 heteroatoms. The Morgan fingerprint density at radius 1 is 1.06 bits per heavy atom. The van der Waals surface area contributed by atoms with E-state index in [0.717, 1.165) is 12.2 Å². The summed E-state index contributed by atoms with van der Waals surface area (Å²) in [7, 11) is 0. The highest BCUT2D eigenvalue weighted by molar-refractivity contribution is 5.52. The third-order valence-electron chi connectivity index (χ3n) is 2.84. The van der Waals surface area contributed by atoms with Crippen LogP contribution < -0.4 is 5.32 Å². The van der Waals surface area contributed by atoms with Gasteiger partial charge in [0.1, 0.15) is 0 Å². The molecule has 0 saturated carbocycles. The fourth-order valence-corrected chi connectivity index (χ4v) is 1.81. The maximum atomic E-state index is 4.29. The van der Waals surface area contributed by atoms with Crippen LogP contribution in [0.25, 0.3) is 0 Å². The monoisotopic (exact) mass is 226 g/mol. The molecule has 1 aromatic carbocycles. The van der Waals surface area contributed by atoms with Crippen molar-refractivity contribution in [3.05, 3.63) is 58.9 Å². The van der Waals surface area contributed by atoms with E-state index >= 15 is 0 Å². The van der Waals surface area contributed by atoms with Crippen LogP contribution in [0.5, 0.6) is 0 Å². The van der Waals surface area contributed by atoms with Crippen molar-refractivity contribution >= 4 is 5.69 Å². The van der Waals surface area contributed by atoms with Gasteiger partial charge in [-0.1, -0.05) is 23.8 Å². The molecule has 0 spiro atoms. The van der Waals surface area contributed by atoms with Gasteiger partial charge in [-0.3, -0.25) is 4.98 Å². The summed E-state index contributed by atoms with van der Waals surface area (Å²) in [6.45, 7) is 7.06. The highest BCUT2D eigenvalue weighted by Crippen LogP contribution is 2.16. The molecule has 1 heterocycles. The van der Waals surface area contributed by atoms with E-state index in [1.54, 1.807) is 0 Å². The number of aryl methyl sites for hydroxylation is 3. The summed E-state index contributed by atoms with van der Waals surface area (Å²) in [6, 6.07) is 10.6. The Bertz CT molecular complexity index is 501. The number of hydrogen-bond acceptors (Lipinski definition) is 2. The Balaban J connectivity index is 2.04. The second-order valence-corrected chi connectivity index (χ2v) is 4.48. The van der Waals surface area contributed by atoms with Gasteiger partial charge in [0, 0.05) is 24.1 Å². The number of nitrogens with zero attached hydrogens (tertiary/aromatic N) is 1. The lowest BCUT2D eigenvalue weighted by Crippen LogP contribution is -2.01. The van der Waals surface area contributed by atoms with Gasteiger partial charge in [-0.25, -0.2) is 0 Å². The molecule has 0 saturated heterocycles. The van der Waals surface area contributed by atoms with Gasteiger partial charge in [0.05, 0.1) is 0 Å². The topological polar surface area (TPSA) is 24.9 Å². The number of benzene rings is 1. The molecule has 1 aromatic heterocycles. The molecular formula is C15H18N2. The van der Waals surface area contributed by atoms with E-state index in [9.17, 15) is 0 Å². The van der Waals surface area contributed by atoms with Crippen molar-refractivity contribution in [1.29, 1.82) is 0 Å². The highest BCUT2D eigenvalue weighted by Gasteiger charge is 1.98. The number of pyridine rings is 1. The Kier molecular flexibility index (Phi) is 3.43. The number of nitrogens with one attached hydrogen (secondary N) is 1. The highest BCUT2D eigenvalue weighted by atomic mass is 14.9. The van der Waals surface area contributed by atoms with Crippen LogP contribution in [0.3, 0.4) is 0 Å². The molecule has 1 N–H and O–H groups in total. The van der Waals surface area contributed by atoms with Crippen molar-refractivity contribution in [2.24, 2.45) is 0 Å². The van der Waals surface area contributed by atoms with Crippen LogP contribution in [-0.2, 0) is 6.54 Å². The third kappa shape index (κ3) is 3.06. The normalized spacial score (nSPS) is 10.3. The zero-order chi connectivity index (χ0) is 12.3. The van der Waals surface area contributed by atoms with Crippen molar-refractivity contribution < 1.29 is 0 Å². The van der Waals surface area contributed by atoms with E-state index in [0.29, 0.717) is 0 Å². The van der Waals surface area contributed by atoms with Crippen molar-refractivity contribution in [3.8, 4) is 0 Å². The summed E-state index contributed by atoms with van der Waals surface area (Å²) < 4.78 is 0. The molecule has 2 aromatic rings. The van der Waals surface area contributed by atoms with Crippen molar-refractivity contribution in [1.82, 2.24) is 4.98 Å². The minimum Gasteiger partial charge on any atom is -0.381 e. The van der Waals surface area contributed by atoms with Crippen LogP contribution >= 0.6 is 0 Å². The Morgan fingerprint density at radius 2 is 1.88 bits per heavy atom. The molecule has 0 unspecified atom stereocenters. The lowest BCUT2D eigenvalue weighted by Gasteiger charge is -2.10. The first-order valence-corrected chi connectivity index (χ1v) is 5.88. The summed E-state index contributed by atoms with van der Waals surface area (Å²) in [5, 5.41) is 3.44. The molecule has 88 valence electrons. The second kappa shape index (κ2) is 5.00. The van der Waals surface area contributed by atoms with E-state index in [1.165, 1.54) is 22.4 Å². The summed E-state index contributed by atoms with van der Waals surface area (Å²) in [5.74, 6) is 0. The maximum absolute atomic E-state index is 4.29. The first kappa shape index (κ1) is 11.6. The third-order valence-corrected chi connectivity index (χ3v) is 2.84. The molecule has 0 radical (unpaired) electrons. The van der Waals surface area contributed by atoms with Crippen molar-refractivity contribution in [2.45, 2.75) is 27.3 Å². The van der Waals surface area contributed by atoms with Gasteiger partial charge in [0.25, 0.3) is 0 Å². The van der Waals surface area contributed by atoms with Gasteiger partial charge in [-0.05, 0) is 44.0 Å². The standard InChI is InChI=1S/C15H18N2/c1-11-4-7-15(12(2)8-11)17-10-14-6-5-13(3)16-9-14/h4-9,17H,10H2,1-3H3. The molecular weight excluding hydrogens is 208 g/mol. The van der Waals surface area contributed by atoms with Gasteiger partial charge in [-0.15, -0.1) is 0 Å². The fraction of sp³-hybridized carbons (Fsp3) is 0.267. The molecule has 0 aliphatic rings. The van der Waals surface area contributed by atoms with Crippen LogP contribution in [0.4, 0.5) is 5.69 Å². The van der Waals surface area contributed by atoms with Crippen LogP contribution in [-0.4, -0.2) is 4.98 Å². The van der Waals surface area contributed by atoms with E-state index < -0.39 is 0 Å². The molecule has 2 rings (SSSR count). The average Bonchev–Trinajstić information content (AvgIpc) is 2.30.